The molecule has 2 nitrogen and oxygen atoms in total. The Kier molecular flexibility index (Phi) is 5.69. The highest BCUT2D eigenvalue weighted by molar-refractivity contribution is 6.74. The van der Waals surface area contributed by atoms with Crippen LogP contribution in [-0.2, 0) is 4.43 Å². The topological polar surface area (TPSA) is 12.5 Å². The van der Waals surface area contributed by atoms with Crippen molar-refractivity contribution in [3.8, 4) is 0 Å². The third kappa shape index (κ3) is 4.96. The van der Waals surface area contributed by atoms with Crippen molar-refractivity contribution in [2.75, 3.05) is 13.2 Å². The van der Waals surface area contributed by atoms with E-state index >= 15 is 0 Å². The Morgan fingerprint density at radius 1 is 1.32 bits per heavy atom. The van der Waals surface area contributed by atoms with Crippen LogP contribution in [0.15, 0.2) is 12.3 Å². The van der Waals surface area contributed by atoms with Crippen LogP contribution in [0.5, 0.6) is 0 Å². The van der Waals surface area contributed by atoms with Crippen LogP contribution in [0.3, 0.4) is 0 Å². The molecule has 1 saturated heterocycles. The smallest absolute Gasteiger partial charge is 0.192 e. The van der Waals surface area contributed by atoms with Gasteiger partial charge in [0.05, 0.1) is 12.6 Å². The molecule has 1 rings (SSSR count). The Morgan fingerprint density at radius 2 is 1.95 bits per heavy atom. The van der Waals surface area contributed by atoms with Crippen molar-refractivity contribution < 1.29 is 4.43 Å². The molecular formula is C16H33NOSi. The molecule has 0 aromatic heterocycles. The molecule has 3 heteroatoms. The number of nitrogens with zero attached hydrogens (tertiary/aromatic N) is 1. The summed E-state index contributed by atoms with van der Waals surface area (Å²) >= 11 is 0. The number of rotatable bonds is 5. The van der Waals surface area contributed by atoms with E-state index in [2.05, 4.69) is 64.9 Å². The minimum Gasteiger partial charge on any atom is -0.415 e. The van der Waals surface area contributed by atoms with Gasteiger partial charge in [0, 0.05) is 6.54 Å². The van der Waals surface area contributed by atoms with Crippen molar-refractivity contribution in [1.29, 1.82) is 0 Å². The zero-order chi connectivity index (χ0) is 14.7. The fourth-order valence-electron chi connectivity index (χ4n) is 2.04. The summed E-state index contributed by atoms with van der Waals surface area (Å²) in [5.74, 6) is 0.627. The third-order valence-electron chi connectivity index (χ3n) is 4.53. The van der Waals surface area contributed by atoms with Crippen LogP contribution in [0.2, 0.25) is 18.1 Å². The molecule has 0 aromatic rings. The highest BCUT2D eigenvalue weighted by Gasteiger charge is 2.38. The average Bonchev–Trinajstić information content (AvgIpc) is 2.69. The maximum atomic E-state index is 6.38. The Bertz CT molecular complexity index is 304. The second-order valence-electron chi connectivity index (χ2n) is 7.69. The van der Waals surface area contributed by atoms with E-state index < -0.39 is 8.32 Å². The lowest BCUT2D eigenvalue weighted by Crippen LogP contribution is -2.44. The first kappa shape index (κ1) is 16.8. The molecule has 19 heavy (non-hydrogen) atoms. The Balaban J connectivity index is 2.52. The van der Waals surface area contributed by atoms with Gasteiger partial charge in [-0.2, -0.15) is 0 Å². The molecule has 112 valence electrons. The van der Waals surface area contributed by atoms with Crippen LogP contribution in [0.1, 0.15) is 47.5 Å². The van der Waals surface area contributed by atoms with Crippen molar-refractivity contribution in [3.05, 3.63) is 12.3 Å². The van der Waals surface area contributed by atoms with E-state index in [0.717, 1.165) is 6.61 Å². The van der Waals surface area contributed by atoms with Crippen LogP contribution in [0.25, 0.3) is 0 Å². The molecule has 1 atom stereocenters. The van der Waals surface area contributed by atoms with E-state index in [1.54, 1.807) is 0 Å². The van der Waals surface area contributed by atoms with E-state index in [1.165, 1.54) is 19.4 Å². The Hall–Kier alpha value is -0.283. The van der Waals surface area contributed by atoms with Crippen molar-refractivity contribution in [3.63, 3.8) is 0 Å². The van der Waals surface area contributed by atoms with Crippen LogP contribution in [-0.4, -0.2) is 32.4 Å². The van der Waals surface area contributed by atoms with Gasteiger partial charge >= 0.3 is 0 Å². The lowest BCUT2D eigenvalue weighted by atomic mass is 10.2. The number of hydrogen-bond donors (Lipinski definition) is 0. The van der Waals surface area contributed by atoms with Gasteiger partial charge in [-0.1, -0.05) is 40.7 Å². The first-order chi connectivity index (χ1) is 8.63. The normalized spacial score (nSPS) is 21.9. The van der Waals surface area contributed by atoms with E-state index in [1.807, 2.05) is 0 Å². The quantitative estimate of drug-likeness (QED) is 0.681. The fourth-order valence-corrected chi connectivity index (χ4v) is 3.08. The maximum absolute atomic E-state index is 6.38. The SMILES string of the molecule is CC(C)/C=C/N1CCC[C@H]1CO[Si](C)(C)C(C)(C)C. The average molecular weight is 284 g/mol. The molecule has 0 aliphatic carbocycles. The highest BCUT2D eigenvalue weighted by Crippen LogP contribution is 2.37. The highest BCUT2D eigenvalue weighted by atomic mass is 28.4. The summed E-state index contributed by atoms with van der Waals surface area (Å²) in [4.78, 5) is 2.48. The van der Waals surface area contributed by atoms with Gasteiger partial charge in [-0.25, -0.2) is 0 Å². The van der Waals surface area contributed by atoms with Crippen molar-refractivity contribution in [1.82, 2.24) is 4.90 Å². The second kappa shape index (κ2) is 6.44. The van der Waals surface area contributed by atoms with E-state index in [0.29, 0.717) is 17.0 Å². The number of hydrogen-bond acceptors (Lipinski definition) is 2. The molecular weight excluding hydrogens is 250 g/mol. The Labute approximate surface area is 121 Å². The summed E-state index contributed by atoms with van der Waals surface area (Å²) in [5, 5.41) is 0.310. The van der Waals surface area contributed by atoms with E-state index in [9.17, 15) is 0 Å². The van der Waals surface area contributed by atoms with Crippen molar-refractivity contribution in [2.45, 2.75) is 71.6 Å². The molecule has 0 saturated carbocycles. The monoisotopic (exact) mass is 283 g/mol. The second-order valence-corrected chi connectivity index (χ2v) is 12.5. The molecule has 0 amide bonds. The summed E-state index contributed by atoms with van der Waals surface area (Å²) in [6.45, 7) is 18.2. The van der Waals surface area contributed by atoms with Crippen LogP contribution >= 0.6 is 0 Å². The summed E-state index contributed by atoms with van der Waals surface area (Å²) in [6, 6.07) is 0.587. The molecule has 1 fully saturated rings. The van der Waals surface area contributed by atoms with Gasteiger partial charge in [-0.3, -0.25) is 0 Å². The molecule has 0 aromatic carbocycles. The first-order valence-electron chi connectivity index (χ1n) is 7.71. The van der Waals surface area contributed by atoms with Gasteiger partial charge in [0.2, 0.25) is 0 Å². The molecule has 0 radical (unpaired) electrons. The standard InChI is InChI=1S/C16H33NOSi/c1-14(2)10-12-17-11-8-9-15(17)13-18-19(6,7)16(3,4)5/h10,12,14-15H,8-9,11,13H2,1-7H3/b12-10+/t15-/m0/s1. The largest absolute Gasteiger partial charge is 0.415 e. The van der Waals surface area contributed by atoms with Gasteiger partial charge in [0.25, 0.3) is 0 Å². The van der Waals surface area contributed by atoms with Crippen LogP contribution < -0.4 is 0 Å². The third-order valence-corrected chi connectivity index (χ3v) is 9.03. The number of allylic oxidation sites excluding steroid dienone is 1. The summed E-state index contributed by atoms with van der Waals surface area (Å²) in [5.41, 5.74) is 0. The van der Waals surface area contributed by atoms with Gasteiger partial charge < -0.3 is 9.33 Å². The Morgan fingerprint density at radius 3 is 2.47 bits per heavy atom. The molecule has 1 heterocycles. The van der Waals surface area contributed by atoms with Crippen molar-refractivity contribution in [2.24, 2.45) is 5.92 Å². The van der Waals surface area contributed by atoms with Gasteiger partial charge in [0.1, 0.15) is 0 Å². The van der Waals surface area contributed by atoms with E-state index in [4.69, 9.17) is 4.43 Å². The molecule has 0 spiro atoms. The molecule has 1 aliphatic rings. The predicted molar refractivity (Wildman–Crippen MR) is 86.9 cm³/mol. The summed E-state index contributed by atoms with van der Waals surface area (Å²) in [7, 11) is -1.60. The molecule has 1 aliphatic heterocycles. The molecule has 0 unspecified atom stereocenters. The lowest BCUT2D eigenvalue weighted by molar-refractivity contribution is 0.198. The lowest BCUT2D eigenvalue weighted by Gasteiger charge is -2.38. The first-order valence-corrected chi connectivity index (χ1v) is 10.6. The van der Waals surface area contributed by atoms with Gasteiger partial charge in [-0.05, 0) is 43.1 Å². The molecule has 0 bridgehead atoms. The van der Waals surface area contributed by atoms with Crippen molar-refractivity contribution >= 4 is 8.32 Å². The number of likely N-dealkylation sites (tertiary alicyclic amines) is 1. The van der Waals surface area contributed by atoms with Crippen LogP contribution in [0, 0.1) is 5.92 Å². The maximum Gasteiger partial charge on any atom is 0.192 e. The van der Waals surface area contributed by atoms with Gasteiger partial charge in [-0.15, -0.1) is 0 Å². The predicted octanol–water partition coefficient (Wildman–Crippen LogP) is 4.64. The van der Waals surface area contributed by atoms with Crippen LogP contribution in [0.4, 0.5) is 0 Å². The minimum absolute atomic E-state index is 0.310. The summed E-state index contributed by atoms with van der Waals surface area (Å²) in [6.07, 6.45) is 7.16. The molecule has 0 N–H and O–H groups in total. The zero-order valence-electron chi connectivity index (χ0n) is 14.0. The minimum atomic E-state index is -1.60. The fraction of sp³-hybridized carbons (Fsp3) is 0.875. The van der Waals surface area contributed by atoms with Gasteiger partial charge in [0.15, 0.2) is 8.32 Å². The summed E-state index contributed by atoms with van der Waals surface area (Å²) < 4.78 is 6.38. The zero-order valence-corrected chi connectivity index (χ0v) is 15.0. The van der Waals surface area contributed by atoms with E-state index in [-0.39, 0.29) is 0 Å².